The molecule has 1 fully saturated rings. The molecular weight excluding hydrogens is 141 g/mol. The summed E-state index contributed by atoms with van der Waals surface area (Å²) in [5.41, 5.74) is 0. The first-order chi connectivity index (χ1) is 5.22. The van der Waals surface area contributed by atoms with Gasteiger partial charge in [0.1, 0.15) is 0 Å². The van der Waals surface area contributed by atoms with Crippen LogP contribution in [-0.4, -0.2) is 29.8 Å². The monoisotopic (exact) mass is 157 g/mol. The fraction of sp³-hybridized carbons (Fsp3) is 1.00. The van der Waals surface area contributed by atoms with Crippen molar-refractivity contribution in [2.45, 2.75) is 32.1 Å². The van der Waals surface area contributed by atoms with E-state index in [2.05, 4.69) is 5.23 Å². The van der Waals surface area contributed by atoms with Crippen LogP contribution in [0.2, 0.25) is 6.82 Å². The van der Waals surface area contributed by atoms with E-state index in [1.165, 1.54) is 0 Å². The Bertz CT molecular complexity index is 121. The van der Waals surface area contributed by atoms with Gasteiger partial charge >= 0.3 is 7.05 Å². The Morgan fingerprint density at radius 3 is 2.73 bits per heavy atom. The molecule has 0 aliphatic heterocycles. The lowest BCUT2D eigenvalue weighted by Gasteiger charge is -2.12. The molecule has 1 aliphatic carbocycles. The summed E-state index contributed by atoms with van der Waals surface area (Å²) in [6, 6.07) is 0.409. The summed E-state index contributed by atoms with van der Waals surface area (Å²) in [6.45, 7) is 2.02. The van der Waals surface area contributed by atoms with E-state index in [4.69, 9.17) is 10.1 Å². The van der Waals surface area contributed by atoms with E-state index in [0.717, 1.165) is 19.3 Å². The summed E-state index contributed by atoms with van der Waals surface area (Å²) in [4.78, 5) is 0. The maximum absolute atomic E-state index is 9.00. The fourth-order valence-corrected chi connectivity index (χ4v) is 1.73. The predicted molar refractivity (Wildman–Crippen MR) is 45.2 cm³/mol. The van der Waals surface area contributed by atoms with Crippen molar-refractivity contribution in [1.29, 1.82) is 0 Å². The van der Waals surface area contributed by atoms with Gasteiger partial charge in [-0.15, -0.1) is 0 Å². The minimum atomic E-state index is -0.419. The molecule has 0 radical (unpaired) electrons. The van der Waals surface area contributed by atoms with Crippen LogP contribution in [0.25, 0.3) is 0 Å². The third-order valence-electron chi connectivity index (χ3n) is 2.28. The number of aliphatic hydroxyl groups is 1. The molecule has 3 N–H and O–H groups in total. The Morgan fingerprint density at radius 1 is 1.55 bits per heavy atom. The highest BCUT2D eigenvalue weighted by Crippen LogP contribution is 2.24. The lowest BCUT2D eigenvalue weighted by Crippen LogP contribution is -2.38. The molecule has 0 bridgehead atoms. The predicted octanol–water partition coefficient (Wildman–Crippen LogP) is -0.153. The van der Waals surface area contributed by atoms with Crippen LogP contribution in [0.4, 0.5) is 0 Å². The lowest BCUT2D eigenvalue weighted by molar-refractivity contribution is 0.228. The molecule has 64 valence electrons. The molecule has 0 heterocycles. The quantitative estimate of drug-likeness (QED) is 0.499. The van der Waals surface area contributed by atoms with Crippen molar-refractivity contribution in [3.8, 4) is 0 Å². The smallest absolute Gasteiger partial charge is 0.373 e. The SMILES string of the molecule is CB(O)NC1CCC(CO)C1. The van der Waals surface area contributed by atoms with Gasteiger partial charge in [0.05, 0.1) is 0 Å². The van der Waals surface area contributed by atoms with E-state index >= 15 is 0 Å². The van der Waals surface area contributed by atoms with Crippen LogP contribution in [0.1, 0.15) is 19.3 Å². The fourth-order valence-electron chi connectivity index (χ4n) is 1.73. The summed E-state index contributed by atoms with van der Waals surface area (Å²) in [5, 5.41) is 20.9. The Kier molecular flexibility index (Phi) is 3.36. The van der Waals surface area contributed by atoms with Crippen LogP contribution in [0.3, 0.4) is 0 Å². The van der Waals surface area contributed by atoms with Gasteiger partial charge in [-0.05, 0) is 38.0 Å². The van der Waals surface area contributed by atoms with Gasteiger partial charge in [-0.25, -0.2) is 0 Å². The Morgan fingerprint density at radius 2 is 2.27 bits per heavy atom. The normalized spacial score (nSPS) is 30.8. The summed E-state index contributed by atoms with van der Waals surface area (Å²) < 4.78 is 0. The van der Waals surface area contributed by atoms with Gasteiger partial charge in [0.15, 0.2) is 0 Å². The first kappa shape index (κ1) is 9.04. The molecular formula is C7H16BNO2. The first-order valence-corrected chi connectivity index (χ1v) is 4.27. The maximum atomic E-state index is 9.00. The number of hydrogen-bond donors (Lipinski definition) is 3. The molecule has 3 nitrogen and oxygen atoms in total. The lowest BCUT2D eigenvalue weighted by atomic mass is 9.87. The number of hydrogen-bond acceptors (Lipinski definition) is 3. The number of aliphatic hydroxyl groups excluding tert-OH is 1. The van der Waals surface area contributed by atoms with Crippen LogP contribution in [0.15, 0.2) is 0 Å². The van der Waals surface area contributed by atoms with Crippen LogP contribution in [0, 0.1) is 5.92 Å². The van der Waals surface area contributed by atoms with Gasteiger partial charge in [-0.2, -0.15) is 0 Å². The largest absolute Gasteiger partial charge is 0.437 e. The second kappa shape index (κ2) is 4.09. The van der Waals surface area contributed by atoms with Crippen LogP contribution >= 0.6 is 0 Å². The molecule has 0 aromatic heterocycles. The Balaban J connectivity index is 2.19. The molecule has 2 unspecified atom stereocenters. The summed E-state index contributed by atoms with van der Waals surface area (Å²) >= 11 is 0. The number of rotatable bonds is 3. The molecule has 0 aromatic carbocycles. The van der Waals surface area contributed by atoms with Crippen molar-refractivity contribution in [2.24, 2.45) is 5.92 Å². The molecule has 0 saturated heterocycles. The third-order valence-corrected chi connectivity index (χ3v) is 2.28. The van der Waals surface area contributed by atoms with E-state index < -0.39 is 7.05 Å². The molecule has 4 heteroatoms. The zero-order chi connectivity index (χ0) is 8.27. The highest BCUT2D eigenvalue weighted by molar-refractivity contribution is 6.45. The molecule has 1 aliphatic rings. The molecule has 1 rings (SSSR count). The molecule has 1 saturated carbocycles. The summed E-state index contributed by atoms with van der Waals surface area (Å²) in [7, 11) is -0.419. The second-order valence-electron chi connectivity index (χ2n) is 3.40. The van der Waals surface area contributed by atoms with Gasteiger partial charge < -0.3 is 15.4 Å². The van der Waals surface area contributed by atoms with Crippen molar-refractivity contribution in [2.75, 3.05) is 6.61 Å². The van der Waals surface area contributed by atoms with Crippen molar-refractivity contribution < 1.29 is 10.1 Å². The first-order valence-electron chi connectivity index (χ1n) is 4.27. The van der Waals surface area contributed by atoms with Crippen LogP contribution in [-0.2, 0) is 0 Å². The third kappa shape index (κ3) is 2.81. The minimum absolute atomic E-state index is 0.290. The highest BCUT2D eigenvalue weighted by atomic mass is 16.3. The number of nitrogens with one attached hydrogen (secondary N) is 1. The maximum Gasteiger partial charge on any atom is 0.373 e. The molecule has 2 atom stereocenters. The van der Waals surface area contributed by atoms with Crippen molar-refractivity contribution >= 4 is 7.05 Å². The van der Waals surface area contributed by atoms with E-state index in [1.54, 1.807) is 6.82 Å². The van der Waals surface area contributed by atoms with E-state index in [-0.39, 0.29) is 6.61 Å². The Labute approximate surface area is 67.9 Å². The molecule has 0 aromatic rings. The molecule has 0 spiro atoms. The summed E-state index contributed by atoms with van der Waals surface area (Å²) in [5.74, 6) is 0.450. The van der Waals surface area contributed by atoms with E-state index in [1.807, 2.05) is 0 Å². The van der Waals surface area contributed by atoms with E-state index in [0.29, 0.717) is 12.0 Å². The van der Waals surface area contributed by atoms with Gasteiger partial charge in [-0.3, -0.25) is 0 Å². The highest BCUT2D eigenvalue weighted by Gasteiger charge is 2.24. The molecule has 0 amide bonds. The average Bonchev–Trinajstić information content (AvgIpc) is 2.34. The topological polar surface area (TPSA) is 52.5 Å². The van der Waals surface area contributed by atoms with Gasteiger partial charge in [0, 0.05) is 6.61 Å². The van der Waals surface area contributed by atoms with Crippen molar-refractivity contribution in [1.82, 2.24) is 5.23 Å². The van der Waals surface area contributed by atoms with Crippen molar-refractivity contribution in [3.63, 3.8) is 0 Å². The van der Waals surface area contributed by atoms with Gasteiger partial charge in [-0.1, -0.05) is 0 Å². The van der Waals surface area contributed by atoms with Crippen molar-refractivity contribution in [3.05, 3.63) is 0 Å². The Hall–Kier alpha value is -0.0551. The second-order valence-corrected chi connectivity index (χ2v) is 3.40. The van der Waals surface area contributed by atoms with Crippen LogP contribution < -0.4 is 5.23 Å². The zero-order valence-electron chi connectivity index (χ0n) is 6.95. The minimum Gasteiger partial charge on any atom is -0.437 e. The van der Waals surface area contributed by atoms with Gasteiger partial charge in [0.25, 0.3) is 0 Å². The van der Waals surface area contributed by atoms with Crippen LogP contribution in [0.5, 0.6) is 0 Å². The molecule has 11 heavy (non-hydrogen) atoms. The van der Waals surface area contributed by atoms with E-state index in [9.17, 15) is 0 Å². The zero-order valence-corrected chi connectivity index (χ0v) is 6.95. The summed E-state index contributed by atoms with van der Waals surface area (Å²) in [6.07, 6.45) is 3.17. The average molecular weight is 157 g/mol. The standard InChI is InChI=1S/C7H16BNO2/c1-8(11)9-7-3-2-6(4-7)5-10/h6-7,9-11H,2-5H2,1H3. The van der Waals surface area contributed by atoms with Gasteiger partial charge in [0.2, 0.25) is 0 Å².